The van der Waals surface area contributed by atoms with Crippen LogP contribution in [0.2, 0.25) is 0 Å². The molecule has 0 saturated carbocycles. The van der Waals surface area contributed by atoms with E-state index in [0.717, 1.165) is 11.3 Å². The second-order valence-electron chi connectivity index (χ2n) is 4.26. The molecule has 21 heavy (non-hydrogen) atoms. The normalized spacial score (nSPS) is 14.3. The third kappa shape index (κ3) is 2.59. The number of hydrogen-bond donors (Lipinski definition) is 2. The van der Waals surface area contributed by atoms with Gasteiger partial charge in [0.2, 0.25) is 5.91 Å². The van der Waals surface area contributed by atoms with E-state index in [-0.39, 0.29) is 28.5 Å². The van der Waals surface area contributed by atoms with E-state index in [0.29, 0.717) is 10.6 Å². The Morgan fingerprint density at radius 1 is 1.43 bits per heavy atom. The third-order valence-electron chi connectivity index (χ3n) is 2.85. The summed E-state index contributed by atoms with van der Waals surface area (Å²) in [7, 11) is 0. The molecule has 9 heteroatoms. The maximum absolute atomic E-state index is 12.3. The molecule has 1 aliphatic heterocycles. The van der Waals surface area contributed by atoms with Gasteiger partial charge in [0.1, 0.15) is 11.3 Å². The van der Waals surface area contributed by atoms with E-state index < -0.39 is 23.7 Å². The quantitative estimate of drug-likeness (QED) is 0.468. The molecule has 1 fully saturated rings. The highest BCUT2D eigenvalue weighted by Gasteiger charge is 2.36. The van der Waals surface area contributed by atoms with E-state index in [1.807, 2.05) is 0 Å². The molecular weight excluding hydrogens is 298 g/mol. The standard InChI is InChI=1S/C12H13N3O5S/c1-3-20-12(19)9-5(2)8(10(13)21-9)11(18)15-7(17)4-6(16)14-15/h3-4,13H2,1-2H3,(H,14,16). The fraction of sp³-hybridized carbons (Fsp3) is 0.333. The summed E-state index contributed by atoms with van der Waals surface area (Å²) in [4.78, 5) is 47.0. The fourth-order valence-electron chi connectivity index (χ4n) is 1.91. The Hall–Kier alpha value is -2.42. The van der Waals surface area contributed by atoms with Gasteiger partial charge in [0.25, 0.3) is 11.8 Å². The van der Waals surface area contributed by atoms with Crippen molar-refractivity contribution in [2.24, 2.45) is 0 Å². The van der Waals surface area contributed by atoms with Crippen molar-refractivity contribution in [3.05, 3.63) is 16.0 Å². The molecule has 0 radical (unpaired) electrons. The van der Waals surface area contributed by atoms with Crippen LogP contribution in [-0.2, 0) is 14.3 Å². The van der Waals surface area contributed by atoms with E-state index in [4.69, 9.17) is 10.5 Å². The first-order chi connectivity index (χ1) is 9.86. The van der Waals surface area contributed by atoms with Crippen molar-refractivity contribution in [2.45, 2.75) is 20.3 Å². The predicted molar refractivity (Wildman–Crippen MR) is 73.4 cm³/mol. The number of imide groups is 1. The number of ether oxygens (including phenoxy) is 1. The van der Waals surface area contributed by atoms with E-state index in [9.17, 15) is 19.2 Å². The Balaban J connectivity index is 2.36. The highest BCUT2D eigenvalue weighted by atomic mass is 32.1. The van der Waals surface area contributed by atoms with Gasteiger partial charge >= 0.3 is 5.97 Å². The van der Waals surface area contributed by atoms with Crippen molar-refractivity contribution >= 4 is 40.0 Å². The second kappa shape index (κ2) is 5.52. The van der Waals surface area contributed by atoms with Gasteiger partial charge in [-0.15, -0.1) is 11.3 Å². The number of esters is 1. The molecular formula is C12H13N3O5S. The van der Waals surface area contributed by atoms with Crippen LogP contribution in [0.15, 0.2) is 0 Å². The number of amides is 3. The van der Waals surface area contributed by atoms with Gasteiger partial charge in [-0.2, -0.15) is 5.01 Å². The lowest BCUT2D eigenvalue weighted by atomic mass is 10.1. The zero-order chi connectivity index (χ0) is 15.7. The van der Waals surface area contributed by atoms with Crippen LogP contribution in [0.1, 0.15) is 38.9 Å². The van der Waals surface area contributed by atoms with Crippen molar-refractivity contribution in [1.82, 2.24) is 10.4 Å². The van der Waals surface area contributed by atoms with E-state index in [1.54, 1.807) is 6.92 Å². The van der Waals surface area contributed by atoms with Gasteiger partial charge in [-0.3, -0.25) is 19.8 Å². The average Bonchev–Trinajstić information content (AvgIpc) is 2.89. The molecule has 2 heterocycles. The molecule has 3 N–H and O–H groups in total. The van der Waals surface area contributed by atoms with Crippen molar-refractivity contribution in [3.63, 3.8) is 0 Å². The van der Waals surface area contributed by atoms with Gasteiger partial charge in [0, 0.05) is 0 Å². The van der Waals surface area contributed by atoms with E-state index in [2.05, 4.69) is 5.43 Å². The van der Waals surface area contributed by atoms with Crippen LogP contribution >= 0.6 is 11.3 Å². The number of nitrogens with two attached hydrogens (primary N) is 1. The molecule has 0 bridgehead atoms. The largest absolute Gasteiger partial charge is 0.462 e. The third-order valence-corrected chi connectivity index (χ3v) is 3.95. The lowest BCUT2D eigenvalue weighted by Crippen LogP contribution is -2.41. The highest BCUT2D eigenvalue weighted by molar-refractivity contribution is 7.18. The molecule has 0 unspecified atom stereocenters. The van der Waals surface area contributed by atoms with Gasteiger partial charge in [-0.05, 0) is 19.4 Å². The zero-order valence-electron chi connectivity index (χ0n) is 11.4. The molecule has 1 saturated heterocycles. The van der Waals surface area contributed by atoms with Crippen LogP contribution < -0.4 is 11.2 Å². The molecule has 0 aromatic carbocycles. The summed E-state index contributed by atoms with van der Waals surface area (Å²) in [6.07, 6.45) is -0.389. The number of carbonyl (C=O) groups excluding carboxylic acids is 4. The first-order valence-electron chi connectivity index (χ1n) is 6.09. The van der Waals surface area contributed by atoms with Crippen LogP contribution in [0.25, 0.3) is 0 Å². The Labute approximate surface area is 123 Å². The molecule has 1 aromatic heterocycles. The number of thiophene rings is 1. The van der Waals surface area contributed by atoms with Crippen molar-refractivity contribution in [3.8, 4) is 0 Å². The monoisotopic (exact) mass is 311 g/mol. The number of nitrogens with one attached hydrogen (secondary N) is 1. The van der Waals surface area contributed by atoms with Crippen molar-refractivity contribution in [2.75, 3.05) is 12.3 Å². The van der Waals surface area contributed by atoms with Gasteiger partial charge < -0.3 is 10.5 Å². The second-order valence-corrected chi connectivity index (χ2v) is 5.31. The predicted octanol–water partition coefficient (Wildman–Crippen LogP) is 0.219. The van der Waals surface area contributed by atoms with Gasteiger partial charge in [0.15, 0.2) is 0 Å². The SMILES string of the molecule is CCOC(=O)c1sc(N)c(C(=O)N2NC(=O)CC2=O)c1C. The fourth-order valence-corrected chi connectivity index (χ4v) is 2.87. The minimum Gasteiger partial charge on any atom is -0.462 e. The maximum atomic E-state index is 12.3. The van der Waals surface area contributed by atoms with Crippen LogP contribution in [0.5, 0.6) is 0 Å². The lowest BCUT2D eigenvalue weighted by molar-refractivity contribution is -0.126. The van der Waals surface area contributed by atoms with Crippen molar-refractivity contribution < 1.29 is 23.9 Å². The molecule has 1 aliphatic rings. The summed E-state index contributed by atoms with van der Waals surface area (Å²) in [5, 5.41) is 0.706. The molecule has 112 valence electrons. The number of carbonyl (C=O) groups is 4. The first-order valence-corrected chi connectivity index (χ1v) is 6.91. The van der Waals surface area contributed by atoms with Gasteiger partial charge in [-0.1, -0.05) is 0 Å². The number of hydrazine groups is 1. The van der Waals surface area contributed by atoms with E-state index >= 15 is 0 Å². The Morgan fingerprint density at radius 2 is 2.10 bits per heavy atom. The first kappa shape index (κ1) is 15.0. The summed E-state index contributed by atoms with van der Waals surface area (Å²) in [5.74, 6) is -2.56. The molecule has 0 atom stereocenters. The maximum Gasteiger partial charge on any atom is 0.348 e. The molecule has 1 aromatic rings. The minimum atomic E-state index is -0.757. The zero-order valence-corrected chi connectivity index (χ0v) is 12.2. The summed E-state index contributed by atoms with van der Waals surface area (Å²) in [6, 6.07) is 0. The molecule has 0 aliphatic carbocycles. The Kier molecular flexibility index (Phi) is 3.94. The van der Waals surface area contributed by atoms with Crippen molar-refractivity contribution in [1.29, 1.82) is 0 Å². The van der Waals surface area contributed by atoms with Crippen LogP contribution in [0.4, 0.5) is 5.00 Å². The number of rotatable bonds is 3. The number of nitrogens with zero attached hydrogens (tertiary/aromatic N) is 1. The molecule has 0 spiro atoms. The minimum absolute atomic E-state index is 0.0265. The van der Waals surface area contributed by atoms with E-state index in [1.165, 1.54) is 6.92 Å². The topological polar surface area (TPSA) is 119 Å². The molecule has 2 rings (SSSR count). The number of anilines is 1. The Morgan fingerprint density at radius 3 is 2.62 bits per heavy atom. The Bertz CT molecular complexity index is 652. The number of nitrogen functional groups attached to an aromatic ring is 1. The van der Waals surface area contributed by atoms with Gasteiger partial charge in [-0.25, -0.2) is 4.79 Å². The smallest absolute Gasteiger partial charge is 0.348 e. The molecule has 8 nitrogen and oxygen atoms in total. The highest BCUT2D eigenvalue weighted by Crippen LogP contribution is 2.32. The van der Waals surface area contributed by atoms with Crippen LogP contribution in [0, 0.1) is 6.92 Å². The molecule has 3 amide bonds. The summed E-state index contributed by atoms with van der Waals surface area (Å²) in [6.45, 7) is 3.39. The lowest BCUT2D eigenvalue weighted by Gasteiger charge is -2.13. The summed E-state index contributed by atoms with van der Waals surface area (Å²) < 4.78 is 4.87. The van der Waals surface area contributed by atoms with Gasteiger partial charge in [0.05, 0.1) is 17.2 Å². The summed E-state index contributed by atoms with van der Waals surface area (Å²) >= 11 is 0.910. The van der Waals surface area contributed by atoms with Crippen LogP contribution in [0.3, 0.4) is 0 Å². The average molecular weight is 311 g/mol. The van der Waals surface area contributed by atoms with Crippen LogP contribution in [-0.4, -0.2) is 35.3 Å². The number of hydrogen-bond acceptors (Lipinski definition) is 7. The summed E-state index contributed by atoms with van der Waals surface area (Å²) in [5.41, 5.74) is 8.27.